The van der Waals surface area contributed by atoms with E-state index < -0.39 is 36.4 Å². The largest absolute Gasteiger partial charge is 0.481 e. The first-order valence-electron chi connectivity index (χ1n) is 11.8. The van der Waals surface area contributed by atoms with Crippen LogP contribution in [0.2, 0.25) is 0 Å². The number of alkyl halides is 2. The molecule has 7 heteroatoms. The Balaban J connectivity index is 1.74. The number of rotatable bonds is 15. The lowest BCUT2D eigenvalue weighted by atomic mass is 9.92. The minimum absolute atomic E-state index is 0.0685. The highest BCUT2D eigenvalue weighted by molar-refractivity contribution is 5.86. The number of aliphatic carboxylic acids is 1. The van der Waals surface area contributed by atoms with E-state index in [1.807, 2.05) is 25.1 Å². The van der Waals surface area contributed by atoms with Gasteiger partial charge in [-0.25, -0.2) is 0 Å². The number of benzene rings is 1. The van der Waals surface area contributed by atoms with Crippen molar-refractivity contribution >= 4 is 11.9 Å². The second-order valence-corrected chi connectivity index (χ2v) is 9.12. The fourth-order valence-electron chi connectivity index (χ4n) is 4.44. The SMILES string of the molecule is C[C@H](CCCc1ccccc1)[C@H](O)CCC1CC(F)(F)C(=O)N1CCCCCCC(=O)O. The van der Waals surface area contributed by atoms with Gasteiger partial charge in [-0.05, 0) is 56.4 Å². The normalized spacial score (nSPS) is 19.8. The number of hydrogen-bond donors (Lipinski definition) is 2. The third-order valence-corrected chi connectivity index (χ3v) is 6.47. The third kappa shape index (κ3) is 8.49. The number of amides is 1. The number of likely N-dealkylation sites (tertiary alicyclic amines) is 1. The molecule has 1 aliphatic rings. The van der Waals surface area contributed by atoms with Crippen LogP contribution in [-0.2, 0) is 16.0 Å². The molecule has 0 bridgehead atoms. The smallest absolute Gasteiger partial charge is 0.326 e. The second-order valence-electron chi connectivity index (χ2n) is 9.12. The van der Waals surface area contributed by atoms with Gasteiger partial charge in [0.15, 0.2) is 0 Å². The summed E-state index contributed by atoms with van der Waals surface area (Å²) in [5.74, 6) is -5.22. The summed E-state index contributed by atoms with van der Waals surface area (Å²) in [7, 11) is 0. The molecule has 2 rings (SSSR count). The van der Waals surface area contributed by atoms with Gasteiger partial charge in [-0.15, -0.1) is 0 Å². The minimum Gasteiger partial charge on any atom is -0.481 e. The average Bonchev–Trinajstić information content (AvgIpc) is 2.97. The number of aliphatic hydroxyl groups excluding tert-OH is 1. The molecular formula is C25H37F2NO4. The van der Waals surface area contributed by atoms with Crippen LogP contribution in [0.5, 0.6) is 0 Å². The fraction of sp³-hybridized carbons (Fsp3) is 0.680. The van der Waals surface area contributed by atoms with E-state index in [0.717, 1.165) is 19.3 Å². The summed E-state index contributed by atoms with van der Waals surface area (Å²) in [4.78, 5) is 24.0. The summed E-state index contributed by atoms with van der Waals surface area (Å²) in [5, 5.41) is 19.2. The van der Waals surface area contributed by atoms with Crippen molar-refractivity contribution in [2.75, 3.05) is 6.54 Å². The molecule has 1 unspecified atom stereocenters. The maximum Gasteiger partial charge on any atom is 0.326 e. The number of aryl methyl sites for hydroxylation is 1. The molecule has 5 nitrogen and oxygen atoms in total. The van der Waals surface area contributed by atoms with Gasteiger partial charge in [0.1, 0.15) is 0 Å². The molecule has 1 saturated heterocycles. The van der Waals surface area contributed by atoms with E-state index in [9.17, 15) is 23.5 Å². The highest BCUT2D eigenvalue weighted by Gasteiger charge is 2.52. The van der Waals surface area contributed by atoms with E-state index in [4.69, 9.17) is 5.11 Å². The molecule has 0 spiro atoms. The minimum atomic E-state index is -3.33. The Bertz CT molecular complexity index is 713. The quantitative estimate of drug-likeness (QED) is 0.364. The van der Waals surface area contributed by atoms with Gasteiger partial charge < -0.3 is 15.1 Å². The maximum atomic E-state index is 14.0. The molecule has 1 fully saturated rings. The molecule has 0 radical (unpaired) electrons. The summed E-state index contributed by atoms with van der Waals surface area (Å²) < 4.78 is 28.1. The van der Waals surface area contributed by atoms with Crippen LogP contribution in [0.1, 0.15) is 76.7 Å². The van der Waals surface area contributed by atoms with E-state index in [1.54, 1.807) is 0 Å². The number of carboxylic acids is 1. The molecule has 1 aromatic rings. The van der Waals surface area contributed by atoms with Crippen molar-refractivity contribution in [3.05, 3.63) is 35.9 Å². The first-order chi connectivity index (χ1) is 15.2. The Labute approximate surface area is 189 Å². The van der Waals surface area contributed by atoms with Crippen molar-refractivity contribution in [1.82, 2.24) is 4.90 Å². The predicted octanol–water partition coefficient (Wildman–Crippen LogP) is 5.06. The van der Waals surface area contributed by atoms with Crippen LogP contribution in [0.15, 0.2) is 30.3 Å². The number of nitrogens with zero attached hydrogens (tertiary/aromatic N) is 1. The zero-order valence-electron chi connectivity index (χ0n) is 19.0. The van der Waals surface area contributed by atoms with Crippen molar-refractivity contribution in [3.63, 3.8) is 0 Å². The van der Waals surface area contributed by atoms with Crippen molar-refractivity contribution in [2.24, 2.45) is 5.92 Å². The number of carbonyl (C=O) groups excluding carboxylic acids is 1. The molecule has 1 aliphatic heterocycles. The standard InChI is InChI=1S/C25H37F2NO4/c1-19(10-9-13-20-11-5-4-6-12-20)22(29)16-15-21-18-25(26,27)24(32)28(21)17-8-3-2-7-14-23(30)31/h4-6,11-12,19,21-22,29H,2-3,7-10,13-18H2,1H3,(H,30,31)/t19-,21?,22-/m1/s1. The molecule has 0 aliphatic carbocycles. The molecular weight excluding hydrogens is 416 g/mol. The van der Waals surface area contributed by atoms with Crippen molar-refractivity contribution in [3.8, 4) is 0 Å². The summed E-state index contributed by atoms with van der Waals surface area (Å²) in [6, 6.07) is 9.61. The van der Waals surface area contributed by atoms with Gasteiger partial charge in [0.2, 0.25) is 0 Å². The predicted molar refractivity (Wildman–Crippen MR) is 120 cm³/mol. The van der Waals surface area contributed by atoms with Crippen molar-refractivity contribution in [1.29, 1.82) is 0 Å². The monoisotopic (exact) mass is 453 g/mol. The summed E-state index contributed by atoms with van der Waals surface area (Å²) in [6.07, 6.45) is 5.10. The van der Waals surface area contributed by atoms with Gasteiger partial charge >= 0.3 is 11.9 Å². The molecule has 0 aromatic heterocycles. The molecule has 2 N–H and O–H groups in total. The molecule has 1 heterocycles. The molecule has 1 aromatic carbocycles. The third-order valence-electron chi connectivity index (χ3n) is 6.47. The van der Waals surface area contributed by atoms with E-state index in [0.29, 0.717) is 38.5 Å². The number of unbranched alkanes of at least 4 members (excludes halogenated alkanes) is 3. The number of carboxylic acid groups (broad SMARTS) is 1. The van der Waals surface area contributed by atoms with Crippen LogP contribution in [0, 0.1) is 5.92 Å². The van der Waals surface area contributed by atoms with Crippen LogP contribution in [0.4, 0.5) is 8.78 Å². The topological polar surface area (TPSA) is 77.8 Å². The van der Waals surface area contributed by atoms with Gasteiger partial charge in [-0.3, -0.25) is 9.59 Å². The van der Waals surface area contributed by atoms with E-state index in [-0.39, 0.29) is 18.9 Å². The van der Waals surface area contributed by atoms with Gasteiger partial charge in [-0.1, -0.05) is 50.1 Å². The molecule has 3 atom stereocenters. The summed E-state index contributed by atoms with van der Waals surface area (Å²) in [5.41, 5.74) is 1.26. The van der Waals surface area contributed by atoms with Gasteiger partial charge in [0, 0.05) is 25.4 Å². The van der Waals surface area contributed by atoms with Crippen molar-refractivity contribution < 1.29 is 28.6 Å². The number of halogens is 2. The Morgan fingerprint density at radius 3 is 2.50 bits per heavy atom. The van der Waals surface area contributed by atoms with Gasteiger partial charge in [0.25, 0.3) is 5.91 Å². The first kappa shape index (κ1) is 26.2. The summed E-state index contributed by atoms with van der Waals surface area (Å²) >= 11 is 0. The lowest BCUT2D eigenvalue weighted by Gasteiger charge is -2.26. The van der Waals surface area contributed by atoms with Crippen LogP contribution in [0.25, 0.3) is 0 Å². The lowest BCUT2D eigenvalue weighted by Crippen LogP contribution is -2.37. The van der Waals surface area contributed by atoms with Crippen LogP contribution in [-0.4, -0.2) is 51.6 Å². The van der Waals surface area contributed by atoms with E-state index in [2.05, 4.69) is 12.1 Å². The molecule has 32 heavy (non-hydrogen) atoms. The van der Waals surface area contributed by atoms with E-state index >= 15 is 0 Å². The zero-order chi connectivity index (χ0) is 23.6. The van der Waals surface area contributed by atoms with Gasteiger partial charge in [-0.2, -0.15) is 8.78 Å². The lowest BCUT2D eigenvalue weighted by molar-refractivity contribution is -0.148. The van der Waals surface area contributed by atoms with Crippen LogP contribution in [0.3, 0.4) is 0 Å². The summed E-state index contributed by atoms with van der Waals surface area (Å²) in [6.45, 7) is 2.24. The Morgan fingerprint density at radius 1 is 1.12 bits per heavy atom. The number of hydrogen-bond acceptors (Lipinski definition) is 3. The number of aliphatic hydroxyl groups is 1. The molecule has 1 amide bonds. The molecule has 0 saturated carbocycles. The fourth-order valence-corrected chi connectivity index (χ4v) is 4.44. The number of carbonyl (C=O) groups is 2. The molecule has 180 valence electrons. The van der Waals surface area contributed by atoms with E-state index in [1.165, 1.54) is 10.5 Å². The zero-order valence-corrected chi connectivity index (χ0v) is 19.0. The Hall–Kier alpha value is -2.02. The first-order valence-corrected chi connectivity index (χ1v) is 11.8. The maximum absolute atomic E-state index is 14.0. The Morgan fingerprint density at radius 2 is 1.81 bits per heavy atom. The average molecular weight is 454 g/mol. The van der Waals surface area contributed by atoms with Crippen LogP contribution >= 0.6 is 0 Å². The second kappa shape index (κ2) is 12.9. The van der Waals surface area contributed by atoms with Crippen LogP contribution < -0.4 is 0 Å². The Kier molecular flexibility index (Phi) is 10.6. The highest BCUT2D eigenvalue weighted by atomic mass is 19.3. The van der Waals surface area contributed by atoms with Gasteiger partial charge in [0.05, 0.1) is 6.10 Å². The highest BCUT2D eigenvalue weighted by Crippen LogP contribution is 2.36. The van der Waals surface area contributed by atoms with Crippen molar-refractivity contribution in [2.45, 2.75) is 95.6 Å².